The van der Waals surface area contributed by atoms with Crippen LogP contribution in [0.1, 0.15) is 16.7 Å². The van der Waals surface area contributed by atoms with Crippen LogP contribution >= 0.6 is 11.8 Å². The van der Waals surface area contributed by atoms with Crippen LogP contribution in [0.4, 0.5) is 17.1 Å². The van der Waals surface area contributed by atoms with Gasteiger partial charge in [-0.2, -0.15) is 0 Å². The molecule has 7 heteroatoms. The average Bonchev–Trinajstić information content (AvgIpc) is 3.05. The number of rotatable bonds is 6. The van der Waals surface area contributed by atoms with Crippen LogP contribution in [-0.4, -0.2) is 20.1 Å². The van der Waals surface area contributed by atoms with Crippen molar-refractivity contribution < 1.29 is 13.2 Å². The Morgan fingerprint density at radius 1 is 0.806 bits per heavy atom. The smallest absolute Gasteiger partial charge is 0.261 e. The third-order valence-corrected chi connectivity index (χ3v) is 8.57. The molecule has 0 atom stereocenters. The Morgan fingerprint density at radius 2 is 1.36 bits per heavy atom. The number of nitrogens with one attached hydrogen (secondary N) is 1. The number of carbonyl (C=O) groups is 1. The second kappa shape index (κ2) is 10.2. The summed E-state index contributed by atoms with van der Waals surface area (Å²) in [4.78, 5) is 16.4. The number of para-hydroxylation sites is 2. The number of sulfonamides is 1. The summed E-state index contributed by atoms with van der Waals surface area (Å²) in [5, 5.41) is 0. The number of thioether (sulfide) groups is 1. The van der Waals surface area contributed by atoms with E-state index in [2.05, 4.69) is 16.9 Å². The summed E-state index contributed by atoms with van der Waals surface area (Å²) in [7, 11) is -3.66. The zero-order valence-corrected chi connectivity index (χ0v) is 21.5. The third-order valence-electron chi connectivity index (χ3n) is 6.18. The minimum atomic E-state index is -3.66. The van der Waals surface area contributed by atoms with Gasteiger partial charge in [-0.15, -0.1) is 11.8 Å². The van der Waals surface area contributed by atoms with Gasteiger partial charge in [0.15, 0.2) is 0 Å². The minimum Gasteiger partial charge on any atom is -0.280 e. The topological polar surface area (TPSA) is 66.5 Å². The summed E-state index contributed by atoms with van der Waals surface area (Å²) in [6.07, 6.45) is 1.79. The molecule has 0 saturated carbocycles. The van der Waals surface area contributed by atoms with Crippen LogP contribution in [0.5, 0.6) is 0 Å². The van der Waals surface area contributed by atoms with Gasteiger partial charge in [-0.25, -0.2) is 8.42 Å². The molecule has 0 aliphatic carbocycles. The van der Waals surface area contributed by atoms with Crippen LogP contribution in [0.2, 0.25) is 0 Å². The van der Waals surface area contributed by atoms with E-state index in [0.717, 1.165) is 45.8 Å². The summed E-state index contributed by atoms with van der Waals surface area (Å²) >= 11 is 1.43. The van der Waals surface area contributed by atoms with E-state index in [4.69, 9.17) is 0 Å². The number of fused-ring (bicyclic) bond motifs is 2. The molecule has 1 N–H and O–H groups in total. The number of nitrogens with zero attached hydrogens (tertiary/aromatic N) is 1. The van der Waals surface area contributed by atoms with Gasteiger partial charge >= 0.3 is 0 Å². The Labute approximate surface area is 216 Å². The van der Waals surface area contributed by atoms with Crippen LogP contribution in [0, 0.1) is 6.92 Å². The van der Waals surface area contributed by atoms with E-state index >= 15 is 0 Å². The Kier molecular flexibility index (Phi) is 6.85. The van der Waals surface area contributed by atoms with Crippen LogP contribution in [0.25, 0.3) is 0 Å². The minimum absolute atomic E-state index is 0.00551. The molecule has 4 aromatic carbocycles. The highest BCUT2D eigenvalue weighted by Crippen LogP contribution is 2.36. The molecule has 0 aromatic heterocycles. The first-order valence-electron chi connectivity index (χ1n) is 11.7. The Bertz CT molecular complexity index is 1450. The summed E-state index contributed by atoms with van der Waals surface area (Å²) in [5.41, 5.74) is 5.68. The van der Waals surface area contributed by atoms with Crippen LogP contribution in [-0.2, 0) is 27.7 Å². The maximum Gasteiger partial charge on any atom is 0.261 e. The van der Waals surface area contributed by atoms with Crippen molar-refractivity contribution in [3.63, 3.8) is 0 Å². The van der Waals surface area contributed by atoms with Crippen molar-refractivity contribution in [2.45, 2.75) is 29.6 Å². The van der Waals surface area contributed by atoms with E-state index < -0.39 is 10.0 Å². The van der Waals surface area contributed by atoms with Gasteiger partial charge in [0, 0.05) is 10.6 Å². The van der Waals surface area contributed by atoms with Gasteiger partial charge in [0.2, 0.25) is 5.91 Å². The van der Waals surface area contributed by atoms with Crippen molar-refractivity contribution in [3.8, 4) is 0 Å². The number of amides is 1. The van der Waals surface area contributed by atoms with Gasteiger partial charge in [-0.05, 0) is 79.4 Å². The van der Waals surface area contributed by atoms with Gasteiger partial charge < -0.3 is 0 Å². The van der Waals surface area contributed by atoms with Crippen molar-refractivity contribution in [3.05, 3.63) is 114 Å². The molecule has 36 heavy (non-hydrogen) atoms. The van der Waals surface area contributed by atoms with E-state index in [1.165, 1.54) is 11.8 Å². The molecule has 0 spiro atoms. The molecular formula is C29H26N2O3S2. The second-order valence-electron chi connectivity index (χ2n) is 8.72. The maximum absolute atomic E-state index is 13.5. The molecule has 5 nitrogen and oxygen atoms in total. The van der Waals surface area contributed by atoms with E-state index in [9.17, 15) is 13.2 Å². The molecule has 0 bridgehead atoms. The lowest BCUT2D eigenvalue weighted by Gasteiger charge is -2.25. The fraction of sp³-hybridized carbons (Fsp3) is 0.138. The van der Waals surface area contributed by atoms with Crippen molar-refractivity contribution in [1.29, 1.82) is 0 Å². The maximum atomic E-state index is 13.5. The summed E-state index contributed by atoms with van der Waals surface area (Å²) in [6.45, 7) is 1.91. The van der Waals surface area contributed by atoms with Gasteiger partial charge in [-0.3, -0.25) is 14.4 Å². The highest BCUT2D eigenvalue weighted by atomic mass is 32.2. The lowest BCUT2D eigenvalue weighted by atomic mass is 10.0. The summed E-state index contributed by atoms with van der Waals surface area (Å²) in [6, 6.07) is 30.0. The van der Waals surface area contributed by atoms with Crippen molar-refractivity contribution >= 4 is 44.8 Å². The second-order valence-corrected chi connectivity index (χ2v) is 11.4. The summed E-state index contributed by atoms with van der Waals surface area (Å²) < 4.78 is 27.9. The summed E-state index contributed by atoms with van der Waals surface area (Å²) in [5.74, 6) is 0.267. The largest absolute Gasteiger partial charge is 0.280 e. The third kappa shape index (κ3) is 5.17. The van der Waals surface area contributed by atoms with Gasteiger partial charge in [-0.1, -0.05) is 54.1 Å². The monoisotopic (exact) mass is 514 g/mol. The van der Waals surface area contributed by atoms with E-state index in [-0.39, 0.29) is 16.6 Å². The van der Waals surface area contributed by atoms with Crippen LogP contribution in [0.3, 0.4) is 0 Å². The number of anilines is 3. The molecule has 1 heterocycles. The average molecular weight is 515 g/mol. The number of hydrogen-bond acceptors (Lipinski definition) is 4. The Hall–Kier alpha value is -3.55. The lowest BCUT2D eigenvalue weighted by molar-refractivity contribution is -0.115. The van der Waals surface area contributed by atoms with E-state index in [1.54, 1.807) is 36.4 Å². The molecular weight excluding hydrogens is 488 g/mol. The molecule has 1 amide bonds. The SMILES string of the molecule is Cc1ccc(S(=O)(=O)Nc2ccc(SCC(=O)N3c4ccccc4CCc4ccccc43)cc2)cc1. The zero-order valence-electron chi connectivity index (χ0n) is 19.8. The van der Waals surface area contributed by atoms with Crippen LogP contribution in [0.15, 0.2) is 107 Å². The fourth-order valence-corrected chi connectivity index (χ4v) is 6.12. The number of aryl methyl sites for hydroxylation is 3. The standard InChI is InChI=1S/C29H26N2O3S2/c1-21-10-18-26(19-11-21)36(33,34)30-24-14-16-25(17-15-24)35-20-29(32)31-27-8-4-2-6-22(27)12-13-23-7-3-5-9-28(23)31/h2-11,14-19,30H,12-13,20H2,1H3. The zero-order chi connectivity index (χ0) is 25.1. The molecule has 5 rings (SSSR count). The first-order chi connectivity index (χ1) is 17.4. The van der Waals surface area contributed by atoms with Crippen molar-refractivity contribution in [2.24, 2.45) is 0 Å². The molecule has 0 unspecified atom stereocenters. The Balaban J connectivity index is 1.30. The number of carbonyl (C=O) groups excluding carboxylic acids is 1. The van der Waals surface area contributed by atoms with E-state index in [1.807, 2.05) is 60.4 Å². The quantitative estimate of drug-likeness (QED) is 0.305. The number of hydrogen-bond donors (Lipinski definition) is 1. The predicted octanol–water partition coefficient (Wildman–Crippen LogP) is 6.35. The first kappa shape index (κ1) is 24.2. The molecule has 4 aromatic rings. The molecule has 0 fully saturated rings. The molecule has 182 valence electrons. The number of benzene rings is 4. The normalized spacial score (nSPS) is 12.9. The highest BCUT2D eigenvalue weighted by Gasteiger charge is 2.25. The predicted molar refractivity (Wildman–Crippen MR) is 147 cm³/mol. The van der Waals surface area contributed by atoms with Gasteiger partial charge in [0.25, 0.3) is 10.0 Å². The fourth-order valence-electron chi connectivity index (χ4n) is 4.31. The van der Waals surface area contributed by atoms with Gasteiger partial charge in [0.1, 0.15) is 0 Å². The molecule has 1 aliphatic heterocycles. The van der Waals surface area contributed by atoms with Crippen LogP contribution < -0.4 is 9.62 Å². The first-order valence-corrected chi connectivity index (χ1v) is 14.2. The molecule has 0 saturated heterocycles. The Morgan fingerprint density at radius 3 is 1.94 bits per heavy atom. The van der Waals surface area contributed by atoms with Gasteiger partial charge in [0.05, 0.1) is 22.0 Å². The van der Waals surface area contributed by atoms with Crippen molar-refractivity contribution in [2.75, 3.05) is 15.4 Å². The van der Waals surface area contributed by atoms with Crippen molar-refractivity contribution in [1.82, 2.24) is 0 Å². The molecule has 1 aliphatic rings. The highest BCUT2D eigenvalue weighted by molar-refractivity contribution is 8.00. The van der Waals surface area contributed by atoms with E-state index in [0.29, 0.717) is 5.69 Å². The molecule has 0 radical (unpaired) electrons. The lowest BCUT2D eigenvalue weighted by Crippen LogP contribution is -2.28.